The molecule has 0 fully saturated rings. The van der Waals surface area contributed by atoms with Gasteiger partial charge in [0.05, 0.1) is 5.69 Å². The van der Waals surface area contributed by atoms with Crippen molar-refractivity contribution in [2.24, 2.45) is 0 Å². The molecule has 2 heterocycles. The molecule has 3 aromatic rings. The number of hydrogen-bond acceptors (Lipinski definition) is 4. The number of aromatic nitrogens is 2. The number of benzene rings is 1. The van der Waals surface area contributed by atoms with Crippen LogP contribution in [0.3, 0.4) is 0 Å². The maximum Gasteiger partial charge on any atom is 0.258 e. The molecule has 0 aliphatic rings. The fourth-order valence-corrected chi connectivity index (χ4v) is 2.18. The van der Waals surface area contributed by atoms with Gasteiger partial charge in [0, 0.05) is 25.4 Å². The zero-order valence-electron chi connectivity index (χ0n) is 11.4. The third-order valence-corrected chi connectivity index (χ3v) is 3.20. The van der Waals surface area contributed by atoms with Gasteiger partial charge < -0.3 is 10.4 Å². The second kappa shape index (κ2) is 5.76. The summed E-state index contributed by atoms with van der Waals surface area (Å²) in [5.74, 6) is -0.000454. The fourth-order valence-electron chi connectivity index (χ4n) is 2.18. The molecule has 1 aromatic carbocycles. The summed E-state index contributed by atoms with van der Waals surface area (Å²) in [5.41, 5.74) is 1.85. The van der Waals surface area contributed by atoms with Gasteiger partial charge in [0.1, 0.15) is 0 Å². The normalized spacial score (nSPS) is 10.9. The van der Waals surface area contributed by atoms with Crippen molar-refractivity contribution in [2.75, 3.05) is 0 Å². The SMILES string of the molecule is O=c1cc(CNCc2ccccc2)nc2c(O)cccn12. The highest BCUT2D eigenvalue weighted by Crippen LogP contribution is 2.13. The number of pyridine rings is 1. The van der Waals surface area contributed by atoms with E-state index >= 15 is 0 Å². The zero-order valence-corrected chi connectivity index (χ0v) is 11.4. The summed E-state index contributed by atoms with van der Waals surface area (Å²) >= 11 is 0. The van der Waals surface area contributed by atoms with Crippen LogP contribution in [0.2, 0.25) is 0 Å². The second-order valence-corrected chi connectivity index (χ2v) is 4.76. The summed E-state index contributed by atoms with van der Waals surface area (Å²) in [6.45, 7) is 1.16. The summed E-state index contributed by atoms with van der Waals surface area (Å²) in [6.07, 6.45) is 1.59. The van der Waals surface area contributed by atoms with Crippen molar-refractivity contribution in [1.29, 1.82) is 0 Å². The molecule has 0 spiro atoms. The summed E-state index contributed by atoms with van der Waals surface area (Å²) in [6, 6.07) is 14.6. The minimum atomic E-state index is -0.201. The topological polar surface area (TPSA) is 66.6 Å². The molecule has 0 bridgehead atoms. The molecule has 0 amide bonds. The van der Waals surface area contributed by atoms with Gasteiger partial charge in [-0.25, -0.2) is 4.98 Å². The average Bonchev–Trinajstić information content (AvgIpc) is 2.50. The summed E-state index contributed by atoms with van der Waals surface area (Å²) < 4.78 is 1.33. The Bertz CT molecular complexity index is 813. The van der Waals surface area contributed by atoms with Crippen LogP contribution >= 0.6 is 0 Å². The van der Waals surface area contributed by atoms with Gasteiger partial charge in [-0.3, -0.25) is 9.20 Å². The van der Waals surface area contributed by atoms with E-state index < -0.39 is 0 Å². The lowest BCUT2D eigenvalue weighted by molar-refractivity contribution is 0.476. The molecule has 5 heteroatoms. The summed E-state index contributed by atoms with van der Waals surface area (Å²) in [4.78, 5) is 16.3. The Morgan fingerprint density at radius 2 is 1.90 bits per heavy atom. The smallest absolute Gasteiger partial charge is 0.258 e. The molecular formula is C16H15N3O2. The lowest BCUT2D eigenvalue weighted by Crippen LogP contribution is -2.19. The molecule has 106 valence electrons. The molecule has 5 nitrogen and oxygen atoms in total. The fraction of sp³-hybridized carbons (Fsp3) is 0.125. The van der Waals surface area contributed by atoms with Crippen LogP contribution in [0.4, 0.5) is 0 Å². The first-order valence-electron chi connectivity index (χ1n) is 6.69. The lowest BCUT2D eigenvalue weighted by Gasteiger charge is -2.07. The third kappa shape index (κ3) is 2.93. The van der Waals surface area contributed by atoms with Crippen LogP contribution in [0.1, 0.15) is 11.3 Å². The Kier molecular flexibility index (Phi) is 3.66. The second-order valence-electron chi connectivity index (χ2n) is 4.76. The van der Waals surface area contributed by atoms with Crippen LogP contribution in [0.5, 0.6) is 5.75 Å². The van der Waals surface area contributed by atoms with Gasteiger partial charge in [0.25, 0.3) is 5.56 Å². The maximum atomic E-state index is 12.0. The molecule has 3 rings (SSSR count). The van der Waals surface area contributed by atoms with Gasteiger partial charge >= 0.3 is 0 Å². The van der Waals surface area contributed by atoms with E-state index in [4.69, 9.17) is 0 Å². The highest BCUT2D eigenvalue weighted by molar-refractivity contribution is 5.52. The van der Waals surface area contributed by atoms with Crippen LogP contribution in [-0.2, 0) is 13.1 Å². The van der Waals surface area contributed by atoms with Crippen molar-refractivity contribution in [1.82, 2.24) is 14.7 Å². The van der Waals surface area contributed by atoms with Crippen LogP contribution in [0, 0.1) is 0 Å². The van der Waals surface area contributed by atoms with Gasteiger partial charge in [-0.2, -0.15) is 0 Å². The molecule has 2 N–H and O–H groups in total. The van der Waals surface area contributed by atoms with Crippen molar-refractivity contribution < 1.29 is 5.11 Å². The molecule has 0 aliphatic carbocycles. The Balaban J connectivity index is 1.79. The molecule has 0 saturated heterocycles. The van der Waals surface area contributed by atoms with Gasteiger partial charge in [-0.1, -0.05) is 30.3 Å². The van der Waals surface area contributed by atoms with Crippen molar-refractivity contribution in [3.63, 3.8) is 0 Å². The Hall–Kier alpha value is -2.66. The van der Waals surface area contributed by atoms with Crippen LogP contribution in [0.25, 0.3) is 5.65 Å². The predicted molar refractivity (Wildman–Crippen MR) is 80.1 cm³/mol. The standard InChI is InChI=1S/C16H15N3O2/c20-14-7-4-8-19-15(21)9-13(18-16(14)19)11-17-10-12-5-2-1-3-6-12/h1-9,17,20H,10-11H2. The summed E-state index contributed by atoms with van der Waals surface area (Å²) in [5, 5.41) is 13.0. The zero-order chi connectivity index (χ0) is 14.7. The van der Waals surface area contributed by atoms with Gasteiger partial charge in [-0.15, -0.1) is 0 Å². The van der Waals surface area contributed by atoms with E-state index in [1.54, 1.807) is 12.3 Å². The van der Waals surface area contributed by atoms with E-state index in [0.29, 0.717) is 18.8 Å². The Morgan fingerprint density at radius 1 is 1.10 bits per heavy atom. The minimum absolute atomic E-state index is 0.000454. The van der Waals surface area contributed by atoms with E-state index in [1.165, 1.54) is 16.5 Å². The van der Waals surface area contributed by atoms with E-state index in [1.807, 2.05) is 30.3 Å². The number of hydrogen-bond donors (Lipinski definition) is 2. The highest BCUT2D eigenvalue weighted by atomic mass is 16.3. The highest BCUT2D eigenvalue weighted by Gasteiger charge is 2.05. The first kappa shape index (κ1) is 13.3. The van der Waals surface area contributed by atoms with Crippen molar-refractivity contribution >= 4 is 5.65 Å². The number of nitrogens with one attached hydrogen (secondary N) is 1. The van der Waals surface area contributed by atoms with E-state index in [-0.39, 0.29) is 17.0 Å². The van der Waals surface area contributed by atoms with E-state index in [9.17, 15) is 9.90 Å². The van der Waals surface area contributed by atoms with Crippen LogP contribution in [0.15, 0.2) is 59.5 Å². The Labute approximate surface area is 121 Å². The molecule has 0 aliphatic heterocycles. The molecule has 0 unspecified atom stereocenters. The summed E-state index contributed by atoms with van der Waals surface area (Å²) in [7, 11) is 0. The molecule has 0 saturated carbocycles. The monoisotopic (exact) mass is 281 g/mol. The molecule has 21 heavy (non-hydrogen) atoms. The minimum Gasteiger partial charge on any atom is -0.504 e. The van der Waals surface area contributed by atoms with Crippen LogP contribution < -0.4 is 10.9 Å². The van der Waals surface area contributed by atoms with E-state index in [0.717, 1.165) is 5.56 Å². The largest absolute Gasteiger partial charge is 0.504 e. The molecule has 2 aromatic heterocycles. The maximum absolute atomic E-state index is 12.0. The molecule has 0 atom stereocenters. The predicted octanol–water partition coefficient (Wildman–Crippen LogP) is 1.69. The lowest BCUT2D eigenvalue weighted by atomic mass is 10.2. The number of rotatable bonds is 4. The van der Waals surface area contributed by atoms with Crippen molar-refractivity contribution in [2.45, 2.75) is 13.1 Å². The number of nitrogens with zero attached hydrogens (tertiary/aromatic N) is 2. The first-order chi connectivity index (χ1) is 10.2. The third-order valence-electron chi connectivity index (χ3n) is 3.20. The van der Waals surface area contributed by atoms with Crippen LogP contribution in [-0.4, -0.2) is 14.5 Å². The number of fused-ring (bicyclic) bond motifs is 1. The molecule has 0 radical (unpaired) electrons. The quantitative estimate of drug-likeness (QED) is 0.763. The average molecular weight is 281 g/mol. The van der Waals surface area contributed by atoms with Crippen molar-refractivity contribution in [3.05, 3.63) is 76.3 Å². The van der Waals surface area contributed by atoms with Gasteiger partial charge in [-0.05, 0) is 17.7 Å². The number of aromatic hydroxyl groups is 1. The molecular weight excluding hydrogens is 266 g/mol. The van der Waals surface area contributed by atoms with Gasteiger partial charge in [0.2, 0.25) is 0 Å². The van der Waals surface area contributed by atoms with E-state index in [2.05, 4.69) is 10.3 Å². The Morgan fingerprint density at radius 3 is 2.71 bits per heavy atom. The van der Waals surface area contributed by atoms with Crippen molar-refractivity contribution in [3.8, 4) is 5.75 Å². The first-order valence-corrected chi connectivity index (χ1v) is 6.69. The van der Waals surface area contributed by atoms with Gasteiger partial charge in [0.15, 0.2) is 11.4 Å².